The number of fused-ring (bicyclic) bond motifs is 2. The minimum atomic E-state index is 1.19. The molecule has 4 saturated heterocycles. The van der Waals surface area contributed by atoms with E-state index in [2.05, 4.69) is 47.8 Å². The Balaban J connectivity index is 1.27. The zero-order valence-electron chi connectivity index (χ0n) is 17.6. The Morgan fingerprint density at radius 3 is 1.42 bits per heavy atom. The molecule has 0 aromatic heterocycles. The maximum atomic E-state index is 2.72. The second-order valence-corrected chi connectivity index (χ2v) is 9.85. The second kappa shape index (κ2) is 7.30. The lowest BCUT2D eigenvalue weighted by Crippen LogP contribution is -2.67. The molecule has 0 saturated carbocycles. The van der Waals surface area contributed by atoms with Crippen molar-refractivity contribution < 1.29 is 8.97 Å². The van der Waals surface area contributed by atoms with Crippen molar-refractivity contribution in [2.24, 2.45) is 0 Å². The van der Waals surface area contributed by atoms with Gasteiger partial charge in [-0.25, -0.2) is 0 Å². The van der Waals surface area contributed by atoms with E-state index in [1.54, 1.807) is 12.1 Å². The average Bonchev–Trinajstić information content (AvgIpc) is 2.61. The van der Waals surface area contributed by atoms with Crippen LogP contribution in [0.4, 0.5) is 0 Å². The summed E-state index contributed by atoms with van der Waals surface area (Å²) in [5.74, 6) is 0. The summed E-state index contributed by atoms with van der Waals surface area (Å²) in [5.41, 5.74) is 0. The third-order valence-corrected chi connectivity index (χ3v) is 7.75. The van der Waals surface area contributed by atoms with Gasteiger partial charge in [0.25, 0.3) is 0 Å². The van der Waals surface area contributed by atoms with E-state index in [1.807, 2.05) is 0 Å². The quantitative estimate of drug-likeness (QED) is 0.493. The Morgan fingerprint density at radius 1 is 0.615 bits per heavy atom. The molecule has 0 spiro atoms. The van der Waals surface area contributed by atoms with Crippen LogP contribution in [0.3, 0.4) is 0 Å². The molecule has 2 atom stereocenters. The van der Waals surface area contributed by atoms with Gasteiger partial charge in [-0.1, -0.05) is 38.3 Å². The smallest absolute Gasteiger partial charge is 0.0676 e. The van der Waals surface area contributed by atoms with Gasteiger partial charge in [0.1, 0.15) is 0 Å². The summed E-state index contributed by atoms with van der Waals surface area (Å²) in [7, 11) is 9.46. The molecule has 4 aliphatic rings. The Labute approximate surface area is 161 Å². The maximum absolute atomic E-state index is 2.72. The number of nitrogens with zero attached hydrogens (tertiary/aromatic N) is 6. The van der Waals surface area contributed by atoms with Crippen molar-refractivity contribution in [2.75, 3.05) is 120 Å². The predicted molar refractivity (Wildman–Crippen MR) is 106 cm³/mol. The molecule has 2 unspecified atom stereocenters. The molecule has 0 aromatic rings. The molecule has 6 nitrogen and oxygen atoms in total. The molecule has 0 bridgehead atoms. The van der Waals surface area contributed by atoms with Crippen LogP contribution in [-0.4, -0.2) is 148 Å². The largest absolute Gasteiger partial charge is 0.451 e. The van der Waals surface area contributed by atoms with Crippen LogP contribution in [0.2, 0.25) is 0 Å². The SMILES string of the molecule is CN1CC[N+]2(C)CCN(CCN3CC[N+]4(C)CCN(C)C[C-]4C3)C[C-]2C1. The molecule has 150 valence electrons. The van der Waals surface area contributed by atoms with Crippen LogP contribution >= 0.6 is 0 Å². The lowest BCUT2D eigenvalue weighted by atomic mass is 10.0. The zero-order valence-corrected chi connectivity index (χ0v) is 17.6. The molecule has 6 heteroatoms. The van der Waals surface area contributed by atoms with Crippen molar-refractivity contribution in [3.63, 3.8) is 0 Å². The summed E-state index contributed by atoms with van der Waals surface area (Å²) in [4.78, 5) is 10.4. The van der Waals surface area contributed by atoms with E-state index in [9.17, 15) is 0 Å². The van der Waals surface area contributed by atoms with E-state index in [-0.39, 0.29) is 0 Å². The first-order valence-corrected chi connectivity index (χ1v) is 10.6. The van der Waals surface area contributed by atoms with E-state index in [4.69, 9.17) is 0 Å². The van der Waals surface area contributed by atoms with Gasteiger partial charge in [-0.15, -0.1) is 0 Å². The summed E-state index contributed by atoms with van der Waals surface area (Å²) in [6.07, 6.45) is 0. The molecular weight excluding hydrogens is 324 g/mol. The number of likely N-dealkylation sites (N-methyl/N-ethyl adjacent to an activating group) is 4. The summed E-state index contributed by atoms with van der Waals surface area (Å²) >= 11 is 0. The van der Waals surface area contributed by atoms with Gasteiger partial charge >= 0.3 is 0 Å². The number of quaternary nitrogens is 2. The molecule has 4 aliphatic heterocycles. The minimum Gasteiger partial charge on any atom is -0.451 e. The molecular formula is C20H40N6. The van der Waals surface area contributed by atoms with Crippen LogP contribution in [-0.2, 0) is 0 Å². The fourth-order valence-corrected chi connectivity index (χ4v) is 5.27. The van der Waals surface area contributed by atoms with Crippen molar-refractivity contribution in [1.29, 1.82) is 0 Å². The fourth-order valence-electron chi connectivity index (χ4n) is 5.27. The van der Waals surface area contributed by atoms with Crippen molar-refractivity contribution in [3.8, 4) is 0 Å². The van der Waals surface area contributed by atoms with Crippen molar-refractivity contribution in [1.82, 2.24) is 19.6 Å². The van der Waals surface area contributed by atoms with Gasteiger partial charge in [0, 0.05) is 53.4 Å². The Hall–Kier alpha value is -0.240. The first-order chi connectivity index (χ1) is 12.4. The van der Waals surface area contributed by atoms with Crippen LogP contribution in [0, 0.1) is 12.1 Å². The van der Waals surface area contributed by atoms with Crippen molar-refractivity contribution >= 4 is 0 Å². The van der Waals surface area contributed by atoms with E-state index in [0.717, 1.165) is 0 Å². The normalized spacial score (nSPS) is 39.7. The number of hydrogen-bond acceptors (Lipinski definition) is 4. The standard InChI is InChI=1S/C20H40N6/c1-21-7-11-25(3)13-9-23(17-19(25)15-21)5-6-24-10-14-26(4)12-8-22(2)16-20(26)18-24/h5-18H2,1-4H3. The van der Waals surface area contributed by atoms with Gasteiger partial charge < -0.3 is 28.6 Å². The van der Waals surface area contributed by atoms with Crippen molar-refractivity contribution in [3.05, 3.63) is 12.1 Å². The van der Waals surface area contributed by atoms with Gasteiger partial charge in [0.05, 0.1) is 26.2 Å². The van der Waals surface area contributed by atoms with Gasteiger partial charge in [-0.3, -0.25) is 0 Å². The van der Waals surface area contributed by atoms with Gasteiger partial charge in [-0.2, -0.15) is 0 Å². The Kier molecular flexibility index (Phi) is 5.36. The lowest BCUT2D eigenvalue weighted by molar-refractivity contribution is -0.907. The van der Waals surface area contributed by atoms with E-state index < -0.39 is 0 Å². The summed E-state index contributed by atoms with van der Waals surface area (Å²) in [6.45, 7) is 17.5. The van der Waals surface area contributed by atoms with Crippen molar-refractivity contribution in [2.45, 2.75) is 0 Å². The first kappa shape index (κ1) is 19.1. The predicted octanol–water partition coefficient (Wildman–Crippen LogP) is -0.534. The highest BCUT2D eigenvalue weighted by Crippen LogP contribution is 2.29. The monoisotopic (exact) mass is 364 g/mol. The summed E-state index contributed by atoms with van der Waals surface area (Å²) < 4.78 is 2.45. The highest BCUT2D eigenvalue weighted by atomic mass is 15.5. The highest BCUT2D eigenvalue weighted by molar-refractivity contribution is 4.95. The summed E-state index contributed by atoms with van der Waals surface area (Å²) in [5, 5.41) is 0. The van der Waals surface area contributed by atoms with Gasteiger partial charge in [0.2, 0.25) is 0 Å². The van der Waals surface area contributed by atoms with Crippen LogP contribution in [0.15, 0.2) is 0 Å². The average molecular weight is 365 g/mol. The van der Waals surface area contributed by atoms with E-state index >= 15 is 0 Å². The molecule has 4 fully saturated rings. The van der Waals surface area contributed by atoms with Crippen LogP contribution in [0.25, 0.3) is 0 Å². The second-order valence-electron chi connectivity index (χ2n) is 9.85. The van der Waals surface area contributed by atoms with Gasteiger partial charge in [0.15, 0.2) is 0 Å². The molecule has 0 amide bonds. The molecule has 4 heterocycles. The first-order valence-electron chi connectivity index (χ1n) is 10.6. The summed E-state index contributed by atoms with van der Waals surface area (Å²) in [6, 6.07) is 3.47. The molecule has 0 N–H and O–H groups in total. The minimum absolute atomic E-state index is 1.19. The van der Waals surface area contributed by atoms with Crippen LogP contribution < -0.4 is 0 Å². The molecule has 0 aromatic carbocycles. The lowest BCUT2D eigenvalue weighted by Gasteiger charge is -2.63. The van der Waals surface area contributed by atoms with Crippen LogP contribution in [0.1, 0.15) is 0 Å². The van der Waals surface area contributed by atoms with E-state index in [0.29, 0.717) is 0 Å². The highest BCUT2D eigenvalue weighted by Gasteiger charge is 2.34. The van der Waals surface area contributed by atoms with Gasteiger partial charge in [-0.05, 0) is 14.1 Å². The molecule has 26 heavy (non-hydrogen) atoms. The Morgan fingerprint density at radius 2 is 1.00 bits per heavy atom. The zero-order chi connectivity index (χ0) is 18.4. The third kappa shape index (κ3) is 3.82. The maximum Gasteiger partial charge on any atom is 0.0676 e. The fraction of sp³-hybridized carbons (Fsp3) is 0.900. The number of rotatable bonds is 3. The third-order valence-electron chi connectivity index (χ3n) is 7.75. The number of piperazine rings is 4. The molecule has 0 aliphatic carbocycles. The van der Waals surface area contributed by atoms with Crippen LogP contribution in [0.5, 0.6) is 0 Å². The Bertz CT molecular complexity index is 457. The molecule has 0 radical (unpaired) electrons. The molecule has 4 rings (SSSR count). The topological polar surface area (TPSA) is 13.0 Å². The number of hydrogen-bond donors (Lipinski definition) is 0. The van der Waals surface area contributed by atoms with E-state index in [1.165, 1.54) is 101 Å².